The van der Waals surface area contributed by atoms with Crippen molar-refractivity contribution in [3.05, 3.63) is 101 Å². The summed E-state index contributed by atoms with van der Waals surface area (Å²) in [5.74, 6) is -0.309. The molecule has 1 aliphatic heterocycles. The van der Waals surface area contributed by atoms with E-state index in [1.165, 1.54) is 12.1 Å². The molecule has 186 valence electrons. The number of carbonyl (C=O) groups excluding carboxylic acids is 2. The Bertz CT molecular complexity index is 1560. The summed E-state index contributed by atoms with van der Waals surface area (Å²) in [5.41, 5.74) is 3.50. The third kappa shape index (κ3) is 5.22. The summed E-state index contributed by atoms with van der Waals surface area (Å²) < 4.78 is 38.9. The highest BCUT2D eigenvalue weighted by Gasteiger charge is 2.31. The molecule has 1 aromatic heterocycles. The number of nitrogens with one attached hydrogen (secondary N) is 4. The summed E-state index contributed by atoms with van der Waals surface area (Å²) in [6.07, 6.45) is -1.16. The van der Waals surface area contributed by atoms with E-state index in [0.29, 0.717) is 34.1 Å². The molecule has 4 aromatic rings. The number of aromatic amines is 1. The number of amides is 2. The first-order valence-electron chi connectivity index (χ1n) is 11.2. The lowest BCUT2D eigenvalue weighted by molar-refractivity contribution is -0.137. The maximum absolute atomic E-state index is 13.0. The molecule has 10 heteroatoms. The molecule has 0 unspecified atom stereocenters. The Morgan fingerprint density at radius 2 is 1.73 bits per heavy atom. The van der Waals surface area contributed by atoms with Crippen LogP contribution >= 0.6 is 0 Å². The smallest absolute Gasteiger partial charge is 0.355 e. The number of benzene rings is 3. The van der Waals surface area contributed by atoms with Crippen LogP contribution in [0.4, 0.5) is 35.9 Å². The van der Waals surface area contributed by atoms with Crippen LogP contribution < -0.4 is 16.0 Å². The first-order chi connectivity index (χ1) is 17.7. The van der Waals surface area contributed by atoms with Gasteiger partial charge < -0.3 is 20.9 Å². The second-order valence-corrected chi connectivity index (χ2v) is 8.46. The van der Waals surface area contributed by atoms with Crippen molar-refractivity contribution in [2.75, 3.05) is 16.0 Å². The number of aryl methyl sites for hydroxylation is 1. The van der Waals surface area contributed by atoms with Gasteiger partial charge in [0.05, 0.1) is 16.8 Å². The Kier molecular flexibility index (Phi) is 6.00. The van der Waals surface area contributed by atoms with Crippen LogP contribution in [0.1, 0.15) is 33.0 Å². The largest absolute Gasteiger partial charge is 0.416 e. The third-order valence-electron chi connectivity index (χ3n) is 5.67. The van der Waals surface area contributed by atoms with Crippen molar-refractivity contribution in [2.45, 2.75) is 13.1 Å². The fourth-order valence-corrected chi connectivity index (χ4v) is 3.94. The predicted octanol–water partition coefficient (Wildman–Crippen LogP) is 6.23. The van der Waals surface area contributed by atoms with Gasteiger partial charge >= 0.3 is 6.18 Å². The molecule has 5 rings (SSSR count). The van der Waals surface area contributed by atoms with Gasteiger partial charge in [-0.05, 0) is 61.5 Å². The highest BCUT2D eigenvalue weighted by atomic mass is 19.4. The standard InChI is InChI=1S/C27H20F3N5O2/c1-15-14-31-24(32-15)13-22-21-9-8-20(12-23(21)35-26(22)37)33-18-6-3-7-19(11-18)34-25(36)16-4-2-5-17(10-16)27(28,29)30/h2-14,33H,1H3,(H,31,32)(H,34,36)(H,35,37). The lowest BCUT2D eigenvalue weighted by Gasteiger charge is -2.12. The molecule has 0 saturated heterocycles. The van der Waals surface area contributed by atoms with E-state index < -0.39 is 17.6 Å². The van der Waals surface area contributed by atoms with E-state index in [4.69, 9.17) is 0 Å². The van der Waals surface area contributed by atoms with E-state index in [1.807, 2.05) is 19.1 Å². The molecule has 0 bridgehead atoms. The quantitative estimate of drug-likeness (QED) is 0.243. The minimum Gasteiger partial charge on any atom is -0.355 e. The van der Waals surface area contributed by atoms with Crippen LogP contribution in [0, 0.1) is 6.92 Å². The van der Waals surface area contributed by atoms with Crippen LogP contribution in [-0.2, 0) is 11.0 Å². The van der Waals surface area contributed by atoms with Crippen LogP contribution in [0.15, 0.2) is 72.9 Å². The van der Waals surface area contributed by atoms with Gasteiger partial charge in [0.25, 0.3) is 11.8 Å². The summed E-state index contributed by atoms with van der Waals surface area (Å²) in [4.78, 5) is 32.3. The van der Waals surface area contributed by atoms with Crippen LogP contribution in [-0.4, -0.2) is 21.8 Å². The first-order valence-corrected chi connectivity index (χ1v) is 11.2. The SMILES string of the molecule is Cc1cnc(C=C2C(=O)Nc3cc(Nc4cccc(NC(=O)c5cccc(C(F)(F)F)c5)c4)ccc32)[nH]1. The Balaban J connectivity index is 1.31. The molecule has 1 aliphatic rings. The van der Waals surface area contributed by atoms with Gasteiger partial charge in [0.1, 0.15) is 5.82 Å². The second kappa shape index (κ2) is 9.30. The number of halogens is 3. The van der Waals surface area contributed by atoms with E-state index in [1.54, 1.807) is 42.6 Å². The lowest BCUT2D eigenvalue weighted by Crippen LogP contribution is -2.14. The van der Waals surface area contributed by atoms with Crippen LogP contribution in [0.5, 0.6) is 0 Å². The van der Waals surface area contributed by atoms with Gasteiger partial charge in [-0.3, -0.25) is 9.59 Å². The van der Waals surface area contributed by atoms with Crippen molar-refractivity contribution in [3.8, 4) is 0 Å². The maximum atomic E-state index is 13.0. The number of alkyl halides is 3. The molecule has 0 fully saturated rings. The molecule has 0 atom stereocenters. The molecule has 2 heterocycles. The van der Waals surface area contributed by atoms with Crippen LogP contribution in [0.3, 0.4) is 0 Å². The average Bonchev–Trinajstić information content (AvgIpc) is 3.40. The van der Waals surface area contributed by atoms with E-state index in [2.05, 4.69) is 25.9 Å². The highest BCUT2D eigenvalue weighted by Crippen LogP contribution is 2.36. The van der Waals surface area contributed by atoms with Crippen molar-refractivity contribution >= 4 is 46.2 Å². The van der Waals surface area contributed by atoms with Crippen molar-refractivity contribution < 1.29 is 22.8 Å². The Labute approximate surface area is 209 Å². The van der Waals surface area contributed by atoms with Crippen molar-refractivity contribution in [2.24, 2.45) is 0 Å². The number of fused-ring (bicyclic) bond motifs is 1. The Morgan fingerprint density at radius 1 is 0.973 bits per heavy atom. The lowest BCUT2D eigenvalue weighted by atomic mass is 10.1. The van der Waals surface area contributed by atoms with E-state index in [-0.39, 0.29) is 11.5 Å². The van der Waals surface area contributed by atoms with E-state index >= 15 is 0 Å². The van der Waals surface area contributed by atoms with Crippen LogP contribution in [0.25, 0.3) is 11.6 Å². The Morgan fingerprint density at radius 3 is 2.49 bits per heavy atom. The zero-order valence-electron chi connectivity index (χ0n) is 19.4. The Hall–Kier alpha value is -4.86. The fraction of sp³-hybridized carbons (Fsp3) is 0.0741. The summed E-state index contributed by atoms with van der Waals surface area (Å²) in [6.45, 7) is 1.88. The minimum absolute atomic E-state index is 0.101. The number of H-pyrrole nitrogens is 1. The van der Waals surface area contributed by atoms with Gasteiger partial charge in [0.15, 0.2) is 0 Å². The summed E-state index contributed by atoms with van der Waals surface area (Å²) in [7, 11) is 0. The van der Waals surface area contributed by atoms with Crippen molar-refractivity contribution in [1.29, 1.82) is 0 Å². The molecule has 4 N–H and O–H groups in total. The average molecular weight is 503 g/mol. The number of hydrogen-bond donors (Lipinski definition) is 4. The number of nitrogens with zero attached hydrogens (tertiary/aromatic N) is 1. The normalized spacial score (nSPS) is 13.8. The van der Waals surface area contributed by atoms with Gasteiger partial charge in [-0.25, -0.2) is 4.98 Å². The van der Waals surface area contributed by atoms with Gasteiger partial charge in [-0.2, -0.15) is 13.2 Å². The molecule has 37 heavy (non-hydrogen) atoms. The number of carbonyl (C=O) groups is 2. The van der Waals surface area contributed by atoms with Gasteiger partial charge in [-0.15, -0.1) is 0 Å². The van der Waals surface area contributed by atoms with Crippen LogP contribution in [0.2, 0.25) is 0 Å². The summed E-state index contributed by atoms with van der Waals surface area (Å²) in [6, 6.07) is 16.4. The maximum Gasteiger partial charge on any atom is 0.416 e. The van der Waals surface area contributed by atoms with Gasteiger partial charge in [-0.1, -0.05) is 18.2 Å². The molecule has 0 radical (unpaired) electrons. The number of imidazole rings is 1. The number of rotatable bonds is 5. The molecule has 7 nitrogen and oxygen atoms in total. The third-order valence-corrected chi connectivity index (χ3v) is 5.67. The summed E-state index contributed by atoms with van der Waals surface area (Å²) in [5, 5.41) is 8.68. The zero-order chi connectivity index (χ0) is 26.2. The fourth-order valence-electron chi connectivity index (χ4n) is 3.94. The molecule has 2 amide bonds. The number of hydrogen-bond acceptors (Lipinski definition) is 4. The van der Waals surface area contributed by atoms with E-state index in [0.717, 1.165) is 23.4 Å². The van der Waals surface area contributed by atoms with Gasteiger partial charge in [0.2, 0.25) is 0 Å². The topological polar surface area (TPSA) is 98.9 Å². The summed E-state index contributed by atoms with van der Waals surface area (Å²) >= 11 is 0. The molecular weight excluding hydrogens is 483 g/mol. The number of aromatic nitrogens is 2. The predicted molar refractivity (Wildman–Crippen MR) is 135 cm³/mol. The van der Waals surface area contributed by atoms with Crippen molar-refractivity contribution in [3.63, 3.8) is 0 Å². The van der Waals surface area contributed by atoms with Crippen molar-refractivity contribution in [1.82, 2.24) is 9.97 Å². The molecular formula is C27H20F3N5O2. The molecule has 3 aromatic carbocycles. The molecule has 0 aliphatic carbocycles. The minimum atomic E-state index is -4.54. The monoisotopic (exact) mass is 503 g/mol. The van der Waals surface area contributed by atoms with Gasteiger partial charge in [0, 0.05) is 40.1 Å². The number of anilines is 4. The van der Waals surface area contributed by atoms with E-state index in [9.17, 15) is 22.8 Å². The molecule has 0 saturated carbocycles. The second-order valence-electron chi connectivity index (χ2n) is 8.46. The first kappa shape index (κ1) is 23.9. The zero-order valence-corrected chi connectivity index (χ0v) is 19.4. The molecule has 0 spiro atoms. The highest BCUT2D eigenvalue weighted by molar-refractivity contribution is 6.34.